The highest BCUT2D eigenvalue weighted by Crippen LogP contribution is 2.26. The van der Waals surface area contributed by atoms with E-state index in [9.17, 15) is 25.0 Å². The van der Waals surface area contributed by atoms with Gasteiger partial charge in [-0.1, -0.05) is 60.7 Å². The lowest BCUT2D eigenvalue weighted by atomic mass is 9.96. The monoisotopic (exact) mass is 462 g/mol. The summed E-state index contributed by atoms with van der Waals surface area (Å²) in [6.45, 7) is -0.909. The van der Waals surface area contributed by atoms with Crippen LogP contribution >= 0.6 is 0 Å². The van der Waals surface area contributed by atoms with Crippen LogP contribution in [0.1, 0.15) is 20.7 Å². The zero-order valence-electron chi connectivity index (χ0n) is 18.4. The lowest BCUT2D eigenvalue weighted by molar-refractivity contribution is -0.133. The summed E-state index contributed by atoms with van der Waals surface area (Å²) in [6.07, 6.45) is -2.33. The fourth-order valence-corrected chi connectivity index (χ4v) is 3.88. The fourth-order valence-electron chi connectivity index (χ4n) is 3.88. The van der Waals surface area contributed by atoms with Gasteiger partial charge in [-0.2, -0.15) is 0 Å². The average molecular weight is 463 g/mol. The highest BCUT2D eigenvalue weighted by atomic mass is 16.5. The van der Waals surface area contributed by atoms with Gasteiger partial charge in [0.25, 0.3) is 11.8 Å². The quantitative estimate of drug-likeness (QED) is 0.315. The second-order valence-corrected chi connectivity index (χ2v) is 8.28. The Morgan fingerprint density at radius 3 is 2.15 bits per heavy atom. The van der Waals surface area contributed by atoms with Crippen LogP contribution in [0.3, 0.4) is 0 Å². The molecule has 0 spiro atoms. The lowest BCUT2D eigenvalue weighted by Gasteiger charge is -2.29. The van der Waals surface area contributed by atoms with Crippen molar-refractivity contribution >= 4 is 11.8 Å². The molecular weight excluding hydrogens is 436 g/mol. The van der Waals surface area contributed by atoms with E-state index in [0.717, 1.165) is 11.1 Å². The molecular formula is C26H26N2O6. The van der Waals surface area contributed by atoms with Gasteiger partial charge in [-0.15, -0.1) is 0 Å². The second-order valence-electron chi connectivity index (χ2n) is 8.28. The summed E-state index contributed by atoms with van der Waals surface area (Å²) in [5.74, 6) is -1.06. The number of hydrogen-bond donors (Lipinski definition) is 4. The Balaban J connectivity index is 1.32. The molecule has 1 heterocycles. The molecule has 1 aliphatic heterocycles. The number of nitrogens with one attached hydrogen (secondary N) is 1. The van der Waals surface area contributed by atoms with Gasteiger partial charge in [0.05, 0.1) is 13.2 Å². The Morgan fingerprint density at radius 1 is 0.912 bits per heavy atom. The number of rotatable bonds is 7. The number of carbonyl (C=O) groups is 2. The van der Waals surface area contributed by atoms with Crippen LogP contribution in [0.5, 0.6) is 0 Å². The predicted octanol–water partition coefficient (Wildman–Crippen LogP) is 2.11. The van der Waals surface area contributed by atoms with E-state index in [1.165, 1.54) is 12.1 Å². The van der Waals surface area contributed by atoms with E-state index in [-0.39, 0.29) is 24.6 Å². The van der Waals surface area contributed by atoms with Crippen molar-refractivity contribution in [3.8, 4) is 11.1 Å². The van der Waals surface area contributed by atoms with Crippen molar-refractivity contribution < 1.29 is 29.7 Å². The van der Waals surface area contributed by atoms with Crippen molar-refractivity contribution in [2.24, 2.45) is 0 Å². The Bertz CT molecular complexity index is 1120. The first kappa shape index (κ1) is 23.6. The molecule has 0 aliphatic carbocycles. The summed E-state index contributed by atoms with van der Waals surface area (Å²) in [4.78, 5) is 24.9. The minimum absolute atomic E-state index is 0.0548. The lowest BCUT2D eigenvalue weighted by Crippen LogP contribution is -2.54. The topological polar surface area (TPSA) is 119 Å². The molecule has 3 atom stereocenters. The summed E-state index contributed by atoms with van der Waals surface area (Å²) in [5.41, 5.74) is 0.822. The van der Waals surface area contributed by atoms with E-state index in [1.807, 2.05) is 42.5 Å². The number of hydrogen-bond acceptors (Lipinski definition) is 6. The molecule has 0 radical (unpaired) electrons. The Morgan fingerprint density at radius 2 is 1.50 bits per heavy atom. The molecule has 1 saturated heterocycles. The van der Waals surface area contributed by atoms with Gasteiger partial charge in [0, 0.05) is 17.7 Å². The average Bonchev–Trinajstić information content (AvgIpc) is 3.16. The van der Waals surface area contributed by atoms with Crippen molar-refractivity contribution in [3.63, 3.8) is 0 Å². The number of benzene rings is 3. The van der Waals surface area contributed by atoms with Crippen LogP contribution in [0.2, 0.25) is 0 Å². The number of nitrogens with zero attached hydrogens (tertiary/aromatic N) is 1. The maximum absolute atomic E-state index is 12.5. The van der Waals surface area contributed by atoms with Crippen LogP contribution in [0.15, 0.2) is 84.9 Å². The van der Waals surface area contributed by atoms with Gasteiger partial charge >= 0.3 is 0 Å². The van der Waals surface area contributed by atoms with Crippen LogP contribution < -0.4 is 5.32 Å². The highest BCUT2D eigenvalue weighted by Gasteiger charge is 2.49. The van der Waals surface area contributed by atoms with E-state index >= 15 is 0 Å². The Labute approximate surface area is 197 Å². The maximum Gasteiger partial charge on any atom is 0.277 e. The first-order valence-electron chi connectivity index (χ1n) is 10.9. The van der Waals surface area contributed by atoms with Crippen molar-refractivity contribution in [1.82, 2.24) is 10.4 Å². The van der Waals surface area contributed by atoms with Crippen molar-refractivity contribution in [1.29, 1.82) is 0 Å². The molecule has 0 aromatic heterocycles. The van der Waals surface area contributed by atoms with E-state index in [4.69, 9.17) is 4.74 Å². The molecule has 8 heteroatoms. The van der Waals surface area contributed by atoms with Crippen molar-refractivity contribution in [2.45, 2.75) is 17.8 Å². The minimum atomic E-state index is -1.88. The SMILES string of the molecule is O=C(NC[C@H]1OC[C@@](O)(CN(O)C(=O)c2ccccc2)[C@@H]1O)c1ccc(-c2ccccc2)cc1. The zero-order chi connectivity index (χ0) is 24.1. The smallest absolute Gasteiger partial charge is 0.277 e. The molecule has 3 aromatic rings. The number of ether oxygens (including phenoxy) is 1. The third-order valence-corrected chi connectivity index (χ3v) is 5.85. The van der Waals surface area contributed by atoms with E-state index in [0.29, 0.717) is 10.6 Å². The molecule has 0 bridgehead atoms. The van der Waals surface area contributed by atoms with Crippen molar-refractivity contribution in [2.75, 3.05) is 19.7 Å². The molecule has 0 unspecified atom stereocenters. The molecule has 4 N–H and O–H groups in total. The van der Waals surface area contributed by atoms with E-state index in [2.05, 4.69) is 5.32 Å². The Hall–Kier alpha value is -3.56. The summed E-state index contributed by atoms with van der Waals surface area (Å²) < 4.78 is 5.47. The number of aliphatic hydroxyl groups excluding tert-OH is 1. The summed E-state index contributed by atoms with van der Waals surface area (Å²) in [5, 5.41) is 34.6. The largest absolute Gasteiger partial charge is 0.387 e. The van der Waals surface area contributed by atoms with Gasteiger partial charge in [-0.25, -0.2) is 5.06 Å². The van der Waals surface area contributed by atoms with Crippen LogP contribution in [0, 0.1) is 0 Å². The van der Waals surface area contributed by atoms with Crippen molar-refractivity contribution in [3.05, 3.63) is 96.1 Å². The van der Waals surface area contributed by atoms with Gasteiger partial charge < -0.3 is 20.3 Å². The van der Waals surface area contributed by atoms with Gasteiger partial charge in [-0.3, -0.25) is 14.8 Å². The van der Waals surface area contributed by atoms with Gasteiger partial charge in [-0.05, 0) is 35.4 Å². The molecule has 8 nitrogen and oxygen atoms in total. The summed E-state index contributed by atoms with van der Waals surface area (Å²) in [6, 6.07) is 25.0. The molecule has 3 aromatic carbocycles. The molecule has 2 amide bonds. The first-order valence-corrected chi connectivity index (χ1v) is 10.9. The van der Waals surface area contributed by atoms with E-state index < -0.39 is 30.3 Å². The minimum Gasteiger partial charge on any atom is -0.387 e. The summed E-state index contributed by atoms with van der Waals surface area (Å²) in [7, 11) is 0. The first-order chi connectivity index (χ1) is 16.4. The standard InChI is InChI=1S/C26H26N2O6/c29-23-22(34-17-26(23,32)16-28(33)25(31)21-9-5-2-6-10-21)15-27-24(30)20-13-11-19(12-14-20)18-7-3-1-4-8-18/h1-14,22-23,29,32-33H,15-17H2,(H,27,30)/t22-,23-,26+/m1/s1. The second kappa shape index (κ2) is 10.1. The highest BCUT2D eigenvalue weighted by molar-refractivity contribution is 5.94. The van der Waals surface area contributed by atoms with Gasteiger partial charge in [0.1, 0.15) is 17.8 Å². The zero-order valence-corrected chi connectivity index (χ0v) is 18.4. The number of aliphatic hydroxyl groups is 2. The maximum atomic E-state index is 12.5. The molecule has 0 saturated carbocycles. The fraction of sp³-hybridized carbons (Fsp3) is 0.231. The Kier molecular flexibility index (Phi) is 7.04. The van der Waals surface area contributed by atoms with Crippen LogP contribution in [0.4, 0.5) is 0 Å². The third kappa shape index (κ3) is 5.16. The van der Waals surface area contributed by atoms with Crippen LogP contribution in [0.25, 0.3) is 11.1 Å². The number of amides is 2. The van der Waals surface area contributed by atoms with Crippen LogP contribution in [-0.2, 0) is 4.74 Å². The molecule has 1 fully saturated rings. The molecule has 1 aliphatic rings. The van der Waals surface area contributed by atoms with Crippen LogP contribution in [-0.4, -0.2) is 69.8 Å². The molecule has 4 rings (SSSR count). The number of hydroxylamine groups is 2. The number of carbonyl (C=O) groups excluding carboxylic acids is 2. The predicted molar refractivity (Wildman–Crippen MR) is 124 cm³/mol. The van der Waals surface area contributed by atoms with E-state index in [1.54, 1.807) is 30.3 Å². The van der Waals surface area contributed by atoms with Gasteiger partial charge in [0.15, 0.2) is 0 Å². The third-order valence-electron chi connectivity index (χ3n) is 5.85. The molecule has 34 heavy (non-hydrogen) atoms. The normalized spacial score (nSPS) is 21.7. The summed E-state index contributed by atoms with van der Waals surface area (Å²) >= 11 is 0. The molecule has 176 valence electrons. The van der Waals surface area contributed by atoms with Gasteiger partial charge in [0.2, 0.25) is 0 Å².